The summed E-state index contributed by atoms with van der Waals surface area (Å²) in [6.45, 7) is 1.43. The molecule has 0 atom stereocenters. The van der Waals surface area contributed by atoms with Gasteiger partial charge in [0.2, 0.25) is 5.91 Å². The van der Waals surface area contributed by atoms with Gasteiger partial charge in [-0.15, -0.1) is 0 Å². The summed E-state index contributed by atoms with van der Waals surface area (Å²) in [5.41, 5.74) is -0.952. The second kappa shape index (κ2) is 7.73. The maximum atomic E-state index is 12.3. The van der Waals surface area contributed by atoms with Crippen LogP contribution in [-0.2, 0) is 11.3 Å². The average Bonchev–Trinajstić information content (AvgIpc) is 2.62. The summed E-state index contributed by atoms with van der Waals surface area (Å²) >= 11 is 0. The summed E-state index contributed by atoms with van der Waals surface area (Å²) in [6, 6.07) is 3.34. The van der Waals surface area contributed by atoms with Gasteiger partial charge in [-0.2, -0.15) is 0 Å². The van der Waals surface area contributed by atoms with Gasteiger partial charge in [0, 0.05) is 63.6 Å². The van der Waals surface area contributed by atoms with Crippen molar-refractivity contribution in [1.82, 2.24) is 24.4 Å². The molecule has 9 heteroatoms. The van der Waals surface area contributed by atoms with Crippen LogP contribution in [-0.4, -0.2) is 49.5 Å². The molecule has 1 fully saturated rings. The number of hydrogen-bond acceptors (Lipinski definition) is 6. The lowest BCUT2D eigenvalue weighted by Crippen LogP contribution is -2.42. The minimum absolute atomic E-state index is 0.00623. The van der Waals surface area contributed by atoms with E-state index in [2.05, 4.69) is 15.0 Å². The molecular formula is C16H19N5O4. The average molecular weight is 345 g/mol. The highest BCUT2D eigenvalue weighted by Gasteiger charge is 2.24. The smallest absolute Gasteiger partial charge is 0.328 e. The van der Waals surface area contributed by atoms with Gasteiger partial charge in [0.05, 0.1) is 0 Å². The van der Waals surface area contributed by atoms with Crippen molar-refractivity contribution in [2.45, 2.75) is 31.9 Å². The fraction of sp³-hybridized carbons (Fsp3) is 0.438. The normalized spacial score (nSPS) is 15.1. The first kappa shape index (κ1) is 16.9. The van der Waals surface area contributed by atoms with E-state index in [0.717, 1.165) is 0 Å². The third-order valence-corrected chi connectivity index (χ3v) is 4.07. The number of aryl methyl sites for hydroxylation is 1. The molecule has 0 aliphatic carbocycles. The molecule has 2 aromatic heterocycles. The fourth-order valence-corrected chi connectivity index (χ4v) is 2.71. The Bertz CT molecular complexity index is 824. The molecule has 0 saturated carbocycles. The highest BCUT2D eigenvalue weighted by Crippen LogP contribution is 2.16. The largest absolute Gasteiger partial charge is 0.460 e. The number of nitrogens with zero attached hydrogens (tertiary/aromatic N) is 4. The zero-order valence-corrected chi connectivity index (χ0v) is 13.6. The van der Waals surface area contributed by atoms with E-state index < -0.39 is 11.2 Å². The third-order valence-electron chi connectivity index (χ3n) is 4.07. The van der Waals surface area contributed by atoms with Gasteiger partial charge in [-0.25, -0.2) is 14.8 Å². The number of H-pyrrole nitrogens is 1. The monoisotopic (exact) mass is 345 g/mol. The van der Waals surface area contributed by atoms with E-state index in [0.29, 0.717) is 31.9 Å². The zero-order chi connectivity index (χ0) is 17.6. The first-order valence-electron chi connectivity index (χ1n) is 8.13. The van der Waals surface area contributed by atoms with Gasteiger partial charge < -0.3 is 14.2 Å². The van der Waals surface area contributed by atoms with Crippen LogP contribution in [0.15, 0.2) is 40.3 Å². The van der Waals surface area contributed by atoms with Crippen molar-refractivity contribution in [2.75, 3.05) is 13.1 Å². The molecule has 2 aromatic rings. The summed E-state index contributed by atoms with van der Waals surface area (Å²) in [5, 5.41) is 0. The van der Waals surface area contributed by atoms with Gasteiger partial charge in [0.15, 0.2) is 0 Å². The molecular weight excluding hydrogens is 326 g/mol. The Kier molecular flexibility index (Phi) is 5.22. The molecule has 1 amide bonds. The molecule has 9 nitrogen and oxygen atoms in total. The maximum Gasteiger partial charge on any atom is 0.328 e. The number of hydrogen-bond donors (Lipinski definition) is 1. The first-order chi connectivity index (χ1) is 12.1. The van der Waals surface area contributed by atoms with Crippen molar-refractivity contribution < 1.29 is 9.53 Å². The Balaban J connectivity index is 1.46. The maximum absolute atomic E-state index is 12.3. The lowest BCUT2D eigenvalue weighted by atomic mass is 10.1. The molecule has 25 heavy (non-hydrogen) atoms. The topological polar surface area (TPSA) is 110 Å². The van der Waals surface area contributed by atoms with Gasteiger partial charge in [-0.3, -0.25) is 14.6 Å². The van der Waals surface area contributed by atoms with Crippen molar-refractivity contribution in [3.8, 4) is 6.01 Å². The van der Waals surface area contributed by atoms with E-state index >= 15 is 0 Å². The van der Waals surface area contributed by atoms with Crippen LogP contribution in [0.5, 0.6) is 6.01 Å². The first-order valence-corrected chi connectivity index (χ1v) is 8.13. The Morgan fingerprint density at radius 1 is 1.24 bits per heavy atom. The summed E-state index contributed by atoms with van der Waals surface area (Å²) in [6.07, 6.45) is 6.27. The molecule has 3 heterocycles. The van der Waals surface area contributed by atoms with Crippen molar-refractivity contribution in [3.05, 3.63) is 51.6 Å². The molecule has 1 N–H and O–H groups in total. The molecule has 0 spiro atoms. The Morgan fingerprint density at radius 2 is 1.96 bits per heavy atom. The summed E-state index contributed by atoms with van der Waals surface area (Å²) in [7, 11) is 0. The van der Waals surface area contributed by atoms with E-state index in [9.17, 15) is 14.4 Å². The molecule has 1 aliphatic rings. The molecule has 0 bridgehead atoms. The van der Waals surface area contributed by atoms with Crippen LogP contribution in [0, 0.1) is 0 Å². The van der Waals surface area contributed by atoms with Gasteiger partial charge in [0.1, 0.15) is 6.10 Å². The molecule has 1 aliphatic heterocycles. The van der Waals surface area contributed by atoms with Crippen LogP contribution >= 0.6 is 0 Å². The van der Waals surface area contributed by atoms with Crippen LogP contribution in [0.25, 0.3) is 0 Å². The Hall–Kier alpha value is -2.97. The lowest BCUT2D eigenvalue weighted by Gasteiger charge is -2.31. The number of ether oxygens (including phenoxy) is 1. The number of aromatic nitrogens is 4. The molecule has 3 rings (SSSR count). The number of carbonyl (C=O) groups excluding carboxylic acids is 1. The second-order valence-electron chi connectivity index (χ2n) is 5.78. The fourth-order valence-electron chi connectivity index (χ4n) is 2.71. The van der Waals surface area contributed by atoms with Crippen molar-refractivity contribution in [3.63, 3.8) is 0 Å². The molecule has 0 radical (unpaired) electrons. The van der Waals surface area contributed by atoms with E-state index in [4.69, 9.17) is 4.74 Å². The van der Waals surface area contributed by atoms with E-state index in [-0.39, 0.29) is 25.0 Å². The zero-order valence-electron chi connectivity index (χ0n) is 13.6. The summed E-state index contributed by atoms with van der Waals surface area (Å²) in [4.78, 5) is 46.9. The standard InChI is InChI=1S/C16H19N5O4/c22-13-4-10-21(16(24)19-13)11-5-14(23)20-8-2-12(3-9-20)25-15-17-6-1-7-18-15/h1,4,6-7,10,12H,2-3,5,8-9,11H2,(H,19,22,24). The van der Waals surface area contributed by atoms with E-state index in [1.54, 1.807) is 23.4 Å². The Labute approximate surface area is 143 Å². The predicted molar refractivity (Wildman–Crippen MR) is 88.2 cm³/mol. The van der Waals surface area contributed by atoms with Crippen LogP contribution in [0.1, 0.15) is 19.3 Å². The number of nitrogens with one attached hydrogen (secondary N) is 1. The summed E-state index contributed by atoms with van der Waals surface area (Å²) < 4.78 is 7.02. The highest BCUT2D eigenvalue weighted by molar-refractivity contribution is 5.76. The summed E-state index contributed by atoms with van der Waals surface area (Å²) in [5.74, 6) is -0.0208. The van der Waals surface area contributed by atoms with Crippen LogP contribution < -0.4 is 16.0 Å². The highest BCUT2D eigenvalue weighted by atomic mass is 16.5. The van der Waals surface area contributed by atoms with Gasteiger partial charge in [-0.1, -0.05) is 0 Å². The minimum atomic E-state index is -0.504. The van der Waals surface area contributed by atoms with Crippen LogP contribution in [0.4, 0.5) is 0 Å². The van der Waals surface area contributed by atoms with Crippen LogP contribution in [0.2, 0.25) is 0 Å². The van der Waals surface area contributed by atoms with Crippen LogP contribution in [0.3, 0.4) is 0 Å². The predicted octanol–water partition coefficient (Wildman–Crippen LogP) is -0.213. The molecule has 1 saturated heterocycles. The Morgan fingerprint density at radius 3 is 2.64 bits per heavy atom. The lowest BCUT2D eigenvalue weighted by molar-refractivity contribution is -0.133. The number of aromatic amines is 1. The minimum Gasteiger partial charge on any atom is -0.460 e. The number of piperidine rings is 1. The van der Waals surface area contributed by atoms with E-state index in [1.165, 1.54) is 16.8 Å². The van der Waals surface area contributed by atoms with Gasteiger partial charge >= 0.3 is 11.7 Å². The number of carbonyl (C=O) groups is 1. The quantitative estimate of drug-likeness (QED) is 0.803. The molecule has 0 unspecified atom stereocenters. The SMILES string of the molecule is O=C(CCn1ccc(=O)[nH]c1=O)N1CCC(Oc2ncccn2)CC1. The van der Waals surface area contributed by atoms with Gasteiger partial charge in [0.25, 0.3) is 5.56 Å². The van der Waals surface area contributed by atoms with Gasteiger partial charge in [-0.05, 0) is 6.07 Å². The molecule has 132 valence electrons. The third kappa shape index (κ3) is 4.52. The van der Waals surface area contributed by atoms with Crippen molar-refractivity contribution >= 4 is 5.91 Å². The molecule has 0 aromatic carbocycles. The number of rotatable bonds is 5. The second-order valence-corrected chi connectivity index (χ2v) is 5.78. The van der Waals surface area contributed by atoms with E-state index in [1.807, 2.05) is 0 Å². The number of likely N-dealkylation sites (tertiary alicyclic amines) is 1. The number of amides is 1. The van der Waals surface area contributed by atoms with Crippen molar-refractivity contribution in [2.24, 2.45) is 0 Å². The van der Waals surface area contributed by atoms with Crippen molar-refractivity contribution in [1.29, 1.82) is 0 Å².